The molecule has 0 amide bonds. The molecule has 0 spiro atoms. The van der Waals surface area contributed by atoms with Crippen LogP contribution in [-0.4, -0.2) is 13.2 Å². The first-order valence-electron chi connectivity index (χ1n) is 5.11. The van der Waals surface area contributed by atoms with Gasteiger partial charge in [0.1, 0.15) is 6.67 Å². The fourth-order valence-electron chi connectivity index (χ4n) is 1.79. The van der Waals surface area contributed by atoms with Gasteiger partial charge in [0.25, 0.3) is 0 Å². The summed E-state index contributed by atoms with van der Waals surface area (Å²) in [6, 6.07) is 7.72. The predicted octanol–water partition coefficient (Wildman–Crippen LogP) is 0.610. The van der Waals surface area contributed by atoms with Gasteiger partial charge in [-0.2, -0.15) is 0 Å². The van der Waals surface area contributed by atoms with E-state index in [1.165, 1.54) is 5.01 Å². The zero-order valence-electron chi connectivity index (χ0n) is 8.91. The molecule has 86 valence electrons. The van der Waals surface area contributed by atoms with Crippen LogP contribution in [0.2, 0.25) is 0 Å². The molecule has 1 aliphatic heterocycles. The number of allylic oxidation sites excluding steroid dienone is 1. The first-order chi connectivity index (χ1) is 7.74. The Morgan fingerprint density at radius 3 is 2.88 bits per heavy atom. The largest absolute Gasteiger partial charge is 0.398 e. The molecule has 1 aromatic rings. The van der Waals surface area contributed by atoms with Gasteiger partial charge in [-0.15, -0.1) is 0 Å². The molecule has 5 N–H and O–H groups in total. The summed E-state index contributed by atoms with van der Waals surface area (Å²) in [4.78, 5) is 0. The second-order valence-corrected chi connectivity index (χ2v) is 3.71. The summed E-state index contributed by atoms with van der Waals surface area (Å²) in [6.07, 6.45) is 0. The van der Waals surface area contributed by atoms with Crippen molar-refractivity contribution in [1.82, 2.24) is 5.32 Å². The van der Waals surface area contributed by atoms with Crippen LogP contribution in [0.4, 0.5) is 10.1 Å². The van der Waals surface area contributed by atoms with E-state index in [0.717, 1.165) is 11.3 Å². The number of fused-ring (bicyclic) bond motifs is 1. The number of hydrogen-bond acceptors (Lipinski definition) is 4. The third-order valence-electron chi connectivity index (χ3n) is 2.66. The number of rotatable bonds is 1. The number of nitrogens with one attached hydrogen (secondary N) is 1. The molecule has 4 nitrogen and oxygen atoms in total. The summed E-state index contributed by atoms with van der Waals surface area (Å²) in [6.45, 7) is 0.487. The number of benzene rings is 1. The van der Waals surface area contributed by atoms with Crippen LogP contribution in [0.5, 0.6) is 0 Å². The van der Waals surface area contributed by atoms with Crippen molar-refractivity contribution >= 4 is 5.69 Å². The number of halogens is 1. The number of nitrogens with zero attached hydrogens (tertiary/aromatic N) is 1. The Hall–Kier alpha value is -1.59. The van der Waals surface area contributed by atoms with Crippen LogP contribution in [-0.2, 0) is 6.54 Å². The quantitative estimate of drug-likeness (QED) is 0.609. The first-order valence-corrected chi connectivity index (χ1v) is 5.11. The molecule has 0 saturated carbocycles. The summed E-state index contributed by atoms with van der Waals surface area (Å²) >= 11 is 0. The van der Waals surface area contributed by atoms with Crippen LogP contribution in [0.25, 0.3) is 0 Å². The Morgan fingerprint density at radius 2 is 2.12 bits per heavy atom. The normalized spacial score (nSPS) is 19.0. The average molecular weight is 222 g/mol. The number of hydrazine groups is 1. The van der Waals surface area contributed by atoms with Crippen LogP contribution in [0.3, 0.4) is 0 Å². The third-order valence-corrected chi connectivity index (χ3v) is 2.66. The highest BCUT2D eigenvalue weighted by Crippen LogP contribution is 2.24. The van der Waals surface area contributed by atoms with Crippen LogP contribution in [0.15, 0.2) is 35.7 Å². The molecule has 1 heterocycles. The maximum absolute atomic E-state index is 12.6. The van der Waals surface area contributed by atoms with Gasteiger partial charge < -0.3 is 11.1 Å². The number of alkyl halides is 1. The van der Waals surface area contributed by atoms with Gasteiger partial charge in [-0.3, -0.25) is 5.01 Å². The number of para-hydroxylation sites is 1. The summed E-state index contributed by atoms with van der Waals surface area (Å²) < 4.78 is 12.6. The lowest BCUT2D eigenvalue weighted by molar-refractivity contribution is 0.533. The molecule has 0 aliphatic carbocycles. The molecule has 0 radical (unpaired) electrons. The molecule has 0 atom stereocenters. The van der Waals surface area contributed by atoms with Crippen LogP contribution in [0, 0.1) is 0 Å². The summed E-state index contributed by atoms with van der Waals surface area (Å²) in [7, 11) is 0. The van der Waals surface area contributed by atoms with E-state index in [1.54, 1.807) is 0 Å². The summed E-state index contributed by atoms with van der Waals surface area (Å²) in [5, 5.41) is 4.64. The van der Waals surface area contributed by atoms with Crippen molar-refractivity contribution in [3.8, 4) is 0 Å². The lowest BCUT2D eigenvalue weighted by atomic mass is 10.2. The fraction of sp³-hybridized carbons (Fsp3) is 0.273. The monoisotopic (exact) mass is 222 g/mol. The van der Waals surface area contributed by atoms with E-state index in [9.17, 15) is 4.39 Å². The standard InChI is InChI=1S/C11H15FN4/c12-5-9(13)11-7-15-6-8-3-1-2-4-10(8)16(11)14/h1-4,15H,5-7,13-14H2/b11-9-. The van der Waals surface area contributed by atoms with Crippen molar-refractivity contribution in [2.24, 2.45) is 11.6 Å². The molecule has 1 aliphatic rings. The summed E-state index contributed by atoms with van der Waals surface area (Å²) in [5.74, 6) is 5.96. The van der Waals surface area contributed by atoms with Crippen molar-refractivity contribution in [2.75, 3.05) is 18.2 Å². The average Bonchev–Trinajstić information content (AvgIpc) is 2.49. The van der Waals surface area contributed by atoms with Gasteiger partial charge in [0.05, 0.1) is 17.1 Å². The molecule has 1 aromatic carbocycles. The van der Waals surface area contributed by atoms with E-state index in [4.69, 9.17) is 11.6 Å². The lowest BCUT2D eigenvalue weighted by Crippen LogP contribution is -2.35. The van der Waals surface area contributed by atoms with E-state index >= 15 is 0 Å². The molecule has 0 aromatic heterocycles. The van der Waals surface area contributed by atoms with Crippen molar-refractivity contribution in [1.29, 1.82) is 0 Å². The zero-order chi connectivity index (χ0) is 11.5. The highest BCUT2D eigenvalue weighted by Gasteiger charge is 2.18. The first kappa shape index (κ1) is 10.9. The van der Waals surface area contributed by atoms with Gasteiger partial charge in [0.2, 0.25) is 0 Å². The van der Waals surface area contributed by atoms with Gasteiger partial charge in [-0.1, -0.05) is 18.2 Å². The Kier molecular flexibility index (Phi) is 3.07. The highest BCUT2D eigenvalue weighted by molar-refractivity contribution is 5.58. The number of anilines is 1. The van der Waals surface area contributed by atoms with E-state index in [0.29, 0.717) is 18.8 Å². The molecule has 16 heavy (non-hydrogen) atoms. The smallest absolute Gasteiger partial charge is 0.131 e. The molecule has 0 saturated heterocycles. The molecule has 0 bridgehead atoms. The van der Waals surface area contributed by atoms with E-state index in [2.05, 4.69) is 5.32 Å². The van der Waals surface area contributed by atoms with E-state index in [1.807, 2.05) is 24.3 Å². The van der Waals surface area contributed by atoms with Gasteiger partial charge in [-0.05, 0) is 11.6 Å². The second kappa shape index (κ2) is 4.51. The maximum atomic E-state index is 12.6. The minimum Gasteiger partial charge on any atom is -0.398 e. The van der Waals surface area contributed by atoms with Gasteiger partial charge in [0, 0.05) is 13.1 Å². The Balaban J connectivity index is 2.45. The van der Waals surface area contributed by atoms with Crippen LogP contribution in [0.1, 0.15) is 5.56 Å². The topological polar surface area (TPSA) is 67.3 Å². The number of nitrogens with two attached hydrogens (primary N) is 2. The highest BCUT2D eigenvalue weighted by atomic mass is 19.1. The van der Waals surface area contributed by atoms with Crippen molar-refractivity contribution in [3.63, 3.8) is 0 Å². The Labute approximate surface area is 93.7 Å². The summed E-state index contributed by atoms with van der Waals surface area (Å²) in [5.41, 5.74) is 8.31. The fourth-order valence-corrected chi connectivity index (χ4v) is 1.79. The van der Waals surface area contributed by atoms with Crippen LogP contribution >= 0.6 is 0 Å². The SMILES string of the molecule is N/C(CF)=C1/CNCc2ccccc2N1N. The van der Waals surface area contributed by atoms with E-state index in [-0.39, 0.29) is 5.70 Å². The third kappa shape index (κ3) is 1.87. The zero-order valence-corrected chi connectivity index (χ0v) is 8.91. The second-order valence-electron chi connectivity index (χ2n) is 3.71. The molecular formula is C11H15FN4. The Morgan fingerprint density at radius 1 is 1.38 bits per heavy atom. The van der Waals surface area contributed by atoms with Crippen molar-refractivity contribution < 1.29 is 4.39 Å². The minimum atomic E-state index is -0.688. The van der Waals surface area contributed by atoms with Crippen molar-refractivity contribution in [2.45, 2.75) is 6.54 Å². The van der Waals surface area contributed by atoms with Gasteiger partial charge >= 0.3 is 0 Å². The minimum absolute atomic E-state index is 0.173. The maximum Gasteiger partial charge on any atom is 0.131 e. The van der Waals surface area contributed by atoms with Crippen molar-refractivity contribution in [3.05, 3.63) is 41.2 Å². The van der Waals surface area contributed by atoms with Gasteiger partial charge in [0.15, 0.2) is 0 Å². The molecule has 5 heteroatoms. The lowest BCUT2D eigenvalue weighted by Gasteiger charge is -2.22. The number of hydrogen-bond donors (Lipinski definition) is 3. The Bertz CT molecular complexity index is 416. The molecule has 2 rings (SSSR count). The van der Waals surface area contributed by atoms with Gasteiger partial charge in [-0.25, -0.2) is 10.2 Å². The van der Waals surface area contributed by atoms with Crippen LogP contribution < -0.4 is 21.9 Å². The molecular weight excluding hydrogens is 207 g/mol. The molecule has 0 unspecified atom stereocenters. The predicted molar refractivity (Wildman–Crippen MR) is 62.0 cm³/mol. The molecule has 0 fully saturated rings. The van der Waals surface area contributed by atoms with E-state index < -0.39 is 6.67 Å².